The summed E-state index contributed by atoms with van der Waals surface area (Å²) in [5.41, 5.74) is 1.92. The van der Waals surface area contributed by atoms with Crippen LogP contribution in [0.5, 0.6) is 5.75 Å². The fourth-order valence-corrected chi connectivity index (χ4v) is 4.48. The van der Waals surface area contributed by atoms with E-state index in [0.29, 0.717) is 19.0 Å². The van der Waals surface area contributed by atoms with Gasteiger partial charge in [0.25, 0.3) is 0 Å². The van der Waals surface area contributed by atoms with Gasteiger partial charge in [-0.1, -0.05) is 32.0 Å². The molecular formula is C25H32F2N2O2. The van der Waals surface area contributed by atoms with Crippen molar-refractivity contribution in [2.45, 2.75) is 33.2 Å². The number of hydrogen-bond acceptors (Lipinski definition) is 3. The molecule has 0 bridgehead atoms. The lowest BCUT2D eigenvalue weighted by Gasteiger charge is -2.29. The Morgan fingerprint density at radius 3 is 2.58 bits per heavy atom. The third-order valence-corrected chi connectivity index (χ3v) is 5.91. The molecule has 4 nitrogen and oxygen atoms in total. The highest BCUT2D eigenvalue weighted by molar-refractivity contribution is 5.73. The molecule has 0 aromatic heterocycles. The van der Waals surface area contributed by atoms with Crippen molar-refractivity contribution in [1.82, 2.24) is 9.80 Å². The molecule has 2 aromatic rings. The van der Waals surface area contributed by atoms with Crippen LogP contribution in [-0.2, 0) is 11.3 Å². The summed E-state index contributed by atoms with van der Waals surface area (Å²) in [6.45, 7) is 9.34. The standard InChI is InChI=1S/C25H32F2N2O2/c1-17(2)12-29(18(3)30)15-21-14-28(13-19-8-9-24(26)25(27)10-19)16-23(21)20-6-5-7-22(11-20)31-4/h5-11,17,21,23H,12-16H2,1-4H3. The van der Waals surface area contributed by atoms with Crippen LogP contribution in [0.2, 0.25) is 0 Å². The van der Waals surface area contributed by atoms with E-state index in [2.05, 4.69) is 30.9 Å². The summed E-state index contributed by atoms with van der Waals surface area (Å²) >= 11 is 0. The summed E-state index contributed by atoms with van der Waals surface area (Å²) in [5.74, 6) is 0.0757. The fraction of sp³-hybridized carbons (Fsp3) is 0.480. The van der Waals surface area contributed by atoms with Gasteiger partial charge >= 0.3 is 0 Å². The van der Waals surface area contributed by atoms with E-state index in [0.717, 1.165) is 30.9 Å². The Morgan fingerprint density at radius 1 is 1.16 bits per heavy atom. The second-order valence-electron chi connectivity index (χ2n) is 8.90. The largest absolute Gasteiger partial charge is 0.497 e. The monoisotopic (exact) mass is 430 g/mol. The first-order chi connectivity index (χ1) is 14.8. The molecule has 1 aliphatic rings. The predicted molar refractivity (Wildman–Crippen MR) is 118 cm³/mol. The van der Waals surface area contributed by atoms with Gasteiger partial charge in [-0.3, -0.25) is 9.69 Å². The number of carbonyl (C=O) groups is 1. The number of methoxy groups -OCH3 is 1. The van der Waals surface area contributed by atoms with Gasteiger partial charge in [0.05, 0.1) is 7.11 Å². The number of rotatable bonds is 8. The normalized spacial score (nSPS) is 19.1. The minimum atomic E-state index is -0.830. The smallest absolute Gasteiger partial charge is 0.219 e. The number of hydrogen-bond donors (Lipinski definition) is 0. The molecule has 2 atom stereocenters. The zero-order valence-corrected chi connectivity index (χ0v) is 18.8. The maximum Gasteiger partial charge on any atom is 0.219 e. The minimum absolute atomic E-state index is 0.0807. The van der Waals surface area contributed by atoms with Gasteiger partial charge in [-0.15, -0.1) is 0 Å². The van der Waals surface area contributed by atoms with Gasteiger partial charge < -0.3 is 9.64 Å². The van der Waals surface area contributed by atoms with Crippen LogP contribution >= 0.6 is 0 Å². The zero-order chi connectivity index (χ0) is 22.5. The second-order valence-corrected chi connectivity index (χ2v) is 8.90. The average Bonchev–Trinajstić information content (AvgIpc) is 3.12. The Bertz CT molecular complexity index is 903. The molecule has 0 spiro atoms. The van der Waals surface area contributed by atoms with Gasteiger partial charge in [-0.2, -0.15) is 0 Å². The summed E-state index contributed by atoms with van der Waals surface area (Å²) in [5, 5.41) is 0. The molecule has 0 N–H and O–H groups in total. The van der Waals surface area contributed by atoms with E-state index in [-0.39, 0.29) is 17.7 Å². The van der Waals surface area contributed by atoms with Gasteiger partial charge in [0.1, 0.15) is 5.75 Å². The molecule has 168 valence electrons. The number of benzene rings is 2. The van der Waals surface area contributed by atoms with Crippen LogP contribution < -0.4 is 4.74 Å². The van der Waals surface area contributed by atoms with Gasteiger partial charge in [0.15, 0.2) is 11.6 Å². The topological polar surface area (TPSA) is 32.8 Å². The van der Waals surface area contributed by atoms with E-state index in [9.17, 15) is 13.6 Å². The van der Waals surface area contributed by atoms with Crippen LogP contribution in [0.1, 0.15) is 37.8 Å². The lowest BCUT2D eigenvalue weighted by atomic mass is 9.88. The van der Waals surface area contributed by atoms with E-state index in [4.69, 9.17) is 4.74 Å². The van der Waals surface area contributed by atoms with Crippen molar-refractivity contribution < 1.29 is 18.3 Å². The first-order valence-corrected chi connectivity index (χ1v) is 10.8. The van der Waals surface area contributed by atoms with Gasteiger partial charge in [-0.25, -0.2) is 8.78 Å². The van der Waals surface area contributed by atoms with Crippen molar-refractivity contribution in [1.29, 1.82) is 0 Å². The summed E-state index contributed by atoms with van der Waals surface area (Å²) in [6, 6.07) is 12.1. The number of amides is 1. The maximum atomic E-state index is 13.7. The van der Waals surface area contributed by atoms with Crippen LogP contribution in [-0.4, -0.2) is 49.0 Å². The number of ether oxygens (including phenoxy) is 1. The van der Waals surface area contributed by atoms with Gasteiger partial charge in [0.2, 0.25) is 5.91 Å². The number of halogens is 2. The van der Waals surface area contributed by atoms with E-state index >= 15 is 0 Å². The number of nitrogens with zero attached hydrogens (tertiary/aromatic N) is 2. The molecule has 1 heterocycles. The quantitative estimate of drug-likeness (QED) is 0.609. The molecule has 1 saturated heterocycles. The molecule has 3 rings (SSSR count). The highest BCUT2D eigenvalue weighted by Gasteiger charge is 2.35. The van der Waals surface area contributed by atoms with E-state index in [1.165, 1.54) is 17.7 Å². The van der Waals surface area contributed by atoms with Crippen LogP contribution in [0.3, 0.4) is 0 Å². The van der Waals surface area contributed by atoms with Gasteiger partial charge in [-0.05, 0) is 47.2 Å². The summed E-state index contributed by atoms with van der Waals surface area (Å²) < 4.78 is 32.4. The summed E-state index contributed by atoms with van der Waals surface area (Å²) in [7, 11) is 1.65. The summed E-state index contributed by atoms with van der Waals surface area (Å²) in [4.78, 5) is 16.5. The molecular weight excluding hydrogens is 398 g/mol. The van der Waals surface area contributed by atoms with Crippen molar-refractivity contribution in [3.8, 4) is 5.75 Å². The molecule has 1 aliphatic heterocycles. The molecule has 6 heteroatoms. The molecule has 31 heavy (non-hydrogen) atoms. The van der Waals surface area contributed by atoms with Crippen LogP contribution in [0, 0.1) is 23.5 Å². The third-order valence-electron chi connectivity index (χ3n) is 5.91. The van der Waals surface area contributed by atoms with Crippen LogP contribution in [0.15, 0.2) is 42.5 Å². The molecule has 0 aliphatic carbocycles. The Kier molecular flexibility index (Phi) is 7.65. The second kappa shape index (κ2) is 10.2. The van der Waals surface area contributed by atoms with Crippen molar-refractivity contribution in [3.05, 3.63) is 65.2 Å². The average molecular weight is 431 g/mol. The maximum absolute atomic E-state index is 13.7. The molecule has 1 fully saturated rings. The molecule has 0 radical (unpaired) electrons. The Morgan fingerprint density at radius 2 is 1.94 bits per heavy atom. The fourth-order valence-electron chi connectivity index (χ4n) is 4.48. The van der Waals surface area contributed by atoms with Crippen molar-refractivity contribution in [2.24, 2.45) is 11.8 Å². The minimum Gasteiger partial charge on any atom is -0.497 e. The lowest BCUT2D eigenvalue weighted by Crippen LogP contribution is -2.38. The predicted octanol–water partition coefficient (Wildman–Crippen LogP) is 4.69. The Balaban J connectivity index is 1.83. The summed E-state index contributed by atoms with van der Waals surface area (Å²) in [6.07, 6.45) is 0. The highest BCUT2D eigenvalue weighted by Crippen LogP contribution is 2.35. The number of likely N-dealkylation sites (tertiary alicyclic amines) is 1. The van der Waals surface area contributed by atoms with Gasteiger partial charge in [0, 0.05) is 45.6 Å². The van der Waals surface area contributed by atoms with E-state index < -0.39 is 11.6 Å². The first-order valence-electron chi connectivity index (χ1n) is 10.8. The zero-order valence-electron chi connectivity index (χ0n) is 18.8. The van der Waals surface area contributed by atoms with Crippen molar-refractivity contribution in [3.63, 3.8) is 0 Å². The molecule has 2 aromatic carbocycles. The van der Waals surface area contributed by atoms with E-state index in [1.54, 1.807) is 20.1 Å². The highest BCUT2D eigenvalue weighted by atomic mass is 19.2. The lowest BCUT2D eigenvalue weighted by molar-refractivity contribution is -0.130. The van der Waals surface area contributed by atoms with Crippen LogP contribution in [0.25, 0.3) is 0 Å². The molecule has 0 saturated carbocycles. The number of carbonyl (C=O) groups excluding carboxylic acids is 1. The van der Waals surface area contributed by atoms with Crippen molar-refractivity contribution >= 4 is 5.91 Å². The Hall–Kier alpha value is -2.47. The molecule has 2 unspecified atom stereocenters. The van der Waals surface area contributed by atoms with Crippen LogP contribution in [0.4, 0.5) is 8.78 Å². The van der Waals surface area contributed by atoms with E-state index in [1.807, 2.05) is 17.0 Å². The SMILES string of the molecule is COc1cccc(C2CN(Cc3ccc(F)c(F)c3)CC2CN(CC(C)C)C(C)=O)c1. The Labute approximate surface area is 183 Å². The van der Waals surface area contributed by atoms with Crippen molar-refractivity contribution in [2.75, 3.05) is 33.3 Å². The third kappa shape index (κ3) is 6.03. The first kappa shape index (κ1) is 23.2. The molecule has 1 amide bonds.